The van der Waals surface area contributed by atoms with Crippen LogP contribution in [0.5, 0.6) is 5.75 Å². The molecule has 12 nitrogen and oxygen atoms in total. The van der Waals surface area contributed by atoms with Crippen molar-refractivity contribution in [3.63, 3.8) is 0 Å². The lowest BCUT2D eigenvalue weighted by Crippen LogP contribution is -2.57. The molecular weight excluding hydrogens is 478 g/mol. The predicted octanol–water partition coefficient (Wildman–Crippen LogP) is -1.16. The number of carboxylic acids is 1. The molecule has 0 saturated carbocycles. The van der Waals surface area contributed by atoms with E-state index in [1.165, 1.54) is 30.8 Å². The average Bonchev–Trinajstić information content (AvgIpc) is 2.80. The summed E-state index contributed by atoms with van der Waals surface area (Å²) in [4.78, 5) is 60.4. The van der Waals surface area contributed by atoms with Crippen molar-refractivity contribution in [2.75, 3.05) is 12.0 Å². The van der Waals surface area contributed by atoms with Gasteiger partial charge in [-0.05, 0) is 49.5 Å². The zero-order chi connectivity index (χ0) is 26.5. The number of nitrogens with one attached hydrogen (secondary N) is 3. The summed E-state index contributed by atoms with van der Waals surface area (Å²) in [6.07, 6.45) is 1.94. The van der Waals surface area contributed by atoms with E-state index in [0.29, 0.717) is 11.3 Å². The van der Waals surface area contributed by atoms with Crippen molar-refractivity contribution in [1.82, 2.24) is 16.0 Å². The normalized spacial score (nSPS) is 14.1. The quantitative estimate of drug-likeness (QED) is 0.151. The van der Waals surface area contributed by atoms with Gasteiger partial charge in [-0.3, -0.25) is 24.0 Å². The summed E-state index contributed by atoms with van der Waals surface area (Å²) in [5, 5.41) is 26.0. The van der Waals surface area contributed by atoms with Gasteiger partial charge in [0.05, 0.1) is 6.04 Å². The molecule has 0 fully saturated rings. The molecule has 1 aromatic carbocycles. The Morgan fingerprint density at radius 3 is 2.06 bits per heavy atom. The zero-order valence-electron chi connectivity index (χ0n) is 19.7. The molecule has 0 spiro atoms. The highest BCUT2D eigenvalue weighted by molar-refractivity contribution is 7.98. The van der Waals surface area contributed by atoms with E-state index in [1.807, 2.05) is 6.26 Å². The van der Waals surface area contributed by atoms with E-state index in [2.05, 4.69) is 16.0 Å². The van der Waals surface area contributed by atoms with Crippen molar-refractivity contribution >= 4 is 41.4 Å². The van der Waals surface area contributed by atoms with E-state index in [0.717, 1.165) is 0 Å². The van der Waals surface area contributed by atoms with Gasteiger partial charge in [0.2, 0.25) is 23.6 Å². The number of carboxylic acid groups (broad SMARTS) is 1. The Bertz CT molecular complexity index is 897. The molecule has 0 aliphatic carbocycles. The van der Waals surface area contributed by atoms with Crippen molar-refractivity contribution in [1.29, 1.82) is 0 Å². The summed E-state index contributed by atoms with van der Waals surface area (Å²) in [5.74, 6) is -3.36. The Hall–Kier alpha value is -3.32. The molecule has 4 unspecified atom stereocenters. The number of aliphatic carboxylic acids is 1. The molecular formula is C22H33N5O7S. The summed E-state index contributed by atoms with van der Waals surface area (Å²) >= 11 is 1.44. The number of hydrogen-bond donors (Lipinski definition) is 7. The minimum atomic E-state index is -1.23. The number of phenols is 1. The van der Waals surface area contributed by atoms with Crippen LogP contribution in [0, 0.1) is 0 Å². The van der Waals surface area contributed by atoms with Crippen molar-refractivity contribution in [3.8, 4) is 5.75 Å². The standard InChI is InChI=1S/C22H33N5O7S/c1-12(22(33)34)25-20(31)16(9-10-35-2)26-21(32)17(11-13-3-5-14(28)6-4-13)27-19(30)15(23)7-8-18(24)29/h3-6,12,15-17,28H,7-11,23H2,1-2H3,(H2,24,29)(H,25,31)(H,26,32)(H,27,30)(H,33,34). The molecule has 0 aliphatic heterocycles. The Kier molecular flexibility index (Phi) is 12.6. The molecule has 0 heterocycles. The summed E-state index contributed by atoms with van der Waals surface area (Å²) in [5.41, 5.74) is 11.5. The van der Waals surface area contributed by atoms with Gasteiger partial charge in [-0.25, -0.2) is 0 Å². The second kappa shape index (κ2) is 14.8. The fourth-order valence-corrected chi connectivity index (χ4v) is 3.41. The Morgan fingerprint density at radius 2 is 1.51 bits per heavy atom. The lowest BCUT2D eigenvalue weighted by Gasteiger charge is -2.25. The monoisotopic (exact) mass is 511 g/mol. The van der Waals surface area contributed by atoms with E-state index in [1.54, 1.807) is 12.1 Å². The van der Waals surface area contributed by atoms with Crippen LogP contribution < -0.4 is 27.4 Å². The van der Waals surface area contributed by atoms with Crippen LogP contribution in [0.15, 0.2) is 24.3 Å². The van der Waals surface area contributed by atoms with Gasteiger partial charge in [0.25, 0.3) is 0 Å². The third kappa shape index (κ3) is 11.1. The fraction of sp³-hybridized carbons (Fsp3) is 0.500. The highest BCUT2D eigenvalue weighted by atomic mass is 32.2. The summed E-state index contributed by atoms with van der Waals surface area (Å²) in [6.45, 7) is 1.30. The number of amides is 4. The first-order valence-electron chi connectivity index (χ1n) is 10.9. The first kappa shape index (κ1) is 29.7. The molecule has 0 aliphatic rings. The van der Waals surface area contributed by atoms with Crippen molar-refractivity contribution in [2.45, 2.75) is 56.8 Å². The van der Waals surface area contributed by atoms with Gasteiger partial charge < -0.3 is 37.6 Å². The summed E-state index contributed by atoms with van der Waals surface area (Å²) < 4.78 is 0. The van der Waals surface area contributed by atoms with E-state index < -0.39 is 53.8 Å². The molecule has 0 aromatic heterocycles. The van der Waals surface area contributed by atoms with E-state index in [-0.39, 0.29) is 31.4 Å². The van der Waals surface area contributed by atoms with Gasteiger partial charge in [-0.1, -0.05) is 12.1 Å². The highest BCUT2D eigenvalue weighted by Crippen LogP contribution is 2.12. The molecule has 1 aromatic rings. The third-order valence-electron chi connectivity index (χ3n) is 5.02. The van der Waals surface area contributed by atoms with Crippen molar-refractivity contribution < 1.29 is 34.2 Å². The number of nitrogens with two attached hydrogens (primary N) is 2. The van der Waals surface area contributed by atoms with Crippen LogP contribution >= 0.6 is 11.8 Å². The Balaban J connectivity index is 3.05. The Labute approximate surface area is 207 Å². The number of aromatic hydroxyl groups is 1. The van der Waals surface area contributed by atoms with Gasteiger partial charge in [0, 0.05) is 12.8 Å². The van der Waals surface area contributed by atoms with Crippen LogP contribution in [-0.4, -0.2) is 76.0 Å². The molecule has 1 rings (SSSR count). The molecule has 194 valence electrons. The number of benzene rings is 1. The molecule has 13 heteroatoms. The van der Waals surface area contributed by atoms with E-state index in [4.69, 9.17) is 16.6 Å². The van der Waals surface area contributed by atoms with Crippen LogP contribution in [-0.2, 0) is 30.4 Å². The number of hydrogen-bond acceptors (Lipinski definition) is 8. The Morgan fingerprint density at radius 1 is 0.943 bits per heavy atom. The van der Waals surface area contributed by atoms with E-state index >= 15 is 0 Å². The van der Waals surface area contributed by atoms with Gasteiger partial charge in [-0.15, -0.1) is 0 Å². The maximum absolute atomic E-state index is 13.1. The molecule has 4 amide bonds. The van der Waals surface area contributed by atoms with Crippen LogP contribution in [0.2, 0.25) is 0 Å². The van der Waals surface area contributed by atoms with Crippen LogP contribution in [0.1, 0.15) is 31.7 Å². The number of carbonyl (C=O) groups is 5. The number of carbonyl (C=O) groups excluding carboxylic acids is 4. The number of rotatable bonds is 15. The highest BCUT2D eigenvalue weighted by Gasteiger charge is 2.29. The molecule has 9 N–H and O–H groups in total. The summed E-state index contributed by atoms with van der Waals surface area (Å²) in [6, 6.07) is 1.55. The van der Waals surface area contributed by atoms with Gasteiger partial charge in [-0.2, -0.15) is 11.8 Å². The second-order valence-corrected chi connectivity index (χ2v) is 8.94. The maximum Gasteiger partial charge on any atom is 0.325 e. The van der Waals surface area contributed by atoms with Crippen LogP contribution in [0.4, 0.5) is 0 Å². The first-order valence-corrected chi connectivity index (χ1v) is 12.3. The zero-order valence-corrected chi connectivity index (χ0v) is 20.5. The second-order valence-electron chi connectivity index (χ2n) is 7.95. The molecule has 4 atom stereocenters. The van der Waals surface area contributed by atoms with Gasteiger partial charge in [0.1, 0.15) is 23.9 Å². The first-order chi connectivity index (χ1) is 16.4. The molecule has 35 heavy (non-hydrogen) atoms. The SMILES string of the molecule is CSCCC(NC(=O)C(Cc1ccc(O)cc1)NC(=O)C(N)CCC(N)=O)C(=O)NC(C)C(=O)O. The largest absolute Gasteiger partial charge is 0.508 e. The number of thioether (sulfide) groups is 1. The minimum Gasteiger partial charge on any atom is -0.508 e. The maximum atomic E-state index is 13.1. The smallest absolute Gasteiger partial charge is 0.325 e. The van der Waals surface area contributed by atoms with Crippen molar-refractivity contribution in [3.05, 3.63) is 29.8 Å². The lowest BCUT2D eigenvalue weighted by molar-refractivity contribution is -0.141. The topological polar surface area (TPSA) is 214 Å². The minimum absolute atomic E-state index is 0.0133. The number of primary amides is 1. The number of phenolic OH excluding ortho intramolecular Hbond substituents is 1. The fourth-order valence-electron chi connectivity index (χ4n) is 2.94. The van der Waals surface area contributed by atoms with Gasteiger partial charge in [0.15, 0.2) is 0 Å². The van der Waals surface area contributed by atoms with Crippen molar-refractivity contribution in [2.24, 2.45) is 11.5 Å². The summed E-state index contributed by atoms with van der Waals surface area (Å²) in [7, 11) is 0. The van der Waals surface area contributed by atoms with Crippen LogP contribution in [0.3, 0.4) is 0 Å². The molecule has 0 radical (unpaired) electrons. The van der Waals surface area contributed by atoms with E-state index in [9.17, 15) is 29.1 Å². The van der Waals surface area contributed by atoms with Gasteiger partial charge >= 0.3 is 5.97 Å². The third-order valence-corrected chi connectivity index (χ3v) is 5.66. The molecule has 0 saturated heterocycles. The average molecular weight is 512 g/mol. The lowest BCUT2D eigenvalue weighted by atomic mass is 10.0. The van der Waals surface area contributed by atoms with Crippen LogP contribution in [0.25, 0.3) is 0 Å². The molecule has 0 bridgehead atoms. The predicted molar refractivity (Wildman–Crippen MR) is 130 cm³/mol.